The zero-order chi connectivity index (χ0) is 19.2. The Hall–Kier alpha value is -2.22. The molecule has 0 saturated heterocycles. The Labute approximate surface area is 151 Å². The number of hydrogen-bond donors (Lipinski definition) is 0. The summed E-state index contributed by atoms with van der Waals surface area (Å²) in [5, 5.41) is 0. The average Bonchev–Trinajstić information content (AvgIpc) is 2.60. The molecule has 2 rings (SSSR count). The second kappa shape index (κ2) is 8.93. The van der Waals surface area contributed by atoms with Gasteiger partial charge in [-0.15, -0.1) is 0 Å². The molecule has 142 valence electrons. The summed E-state index contributed by atoms with van der Waals surface area (Å²) in [6.45, 7) is 4.12. The Morgan fingerprint density at radius 2 is 1.69 bits per heavy atom. The molecule has 0 N–H and O–H groups in total. The summed E-state index contributed by atoms with van der Waals surface area (Å²) < 4.78 is 40.0. The Morgan fingerprint density at radius 1 is 1.00 bits per heavy atom. The van der Waals surface area contributed by atoms with E-state index in [2.05, 4.69) is 15.0 Å². The fraction of sp³-hybridized carbons (Fsp3) is 0.500. The first-order valence-electron chi connectivity index (χ1n) is 8.57. The van der Waals surface area contributed by atoms with Gasteiger partial charge in [-0.05, 0) is 45.6 Å². The molecular formula is C18H24F3N5. The quantitative estimate of drug-likeness (QED) is 0.711. The maximum absolute atomic E-state index is 13.3. The molecule has 0 amide bonds. The van der Waals surface area contributed by atoms with Crippen LogP contribution in [-0.4, -0.2) is 53.6 Å². The van der Waals surface area contributed by atoms with Crippen LogP contribution in [0.25, 0.3) is 11.4 Å². The van der Waals surface area contributed by atoms with Gasteiger partial charge < -0.3 is 9.80 Å². The highest BCUT2D eigenvalue weighted by molar-refractivity contribution is 5.57. The number of halogens is 3. The van der Waals surface area contributed by atoms with Crippen LogP contribution in [0.3, 0.4) is 0 Å². The van der Waals surface area contributed by atoms with Crippen molar-refractivity contribution in [3.63, 3.8) is 0 Å². The summed E-state index contributed by atoms with van der Waals surface area (Å²) in [5.41, 5.74) is -0.417. The van der Waals surface area contributed by atoms with Gasteiger partial charge in [0.2, 0.25) is 0 Å². The van der Waals surface area contributed by atoms with E-state index in [-0.39, 0.29) is 5.82 Å². The van der Waals surface area contributed by atoms with E-state index in [1.54, 1.807) is 12.1 Å². The largest absolute Gasteiger partial charge is 0.433 e. The van der Waals surface area contributed by atoms with Crippen molar-refractivity contribution >= 4 is 5.82 Å². The minimum atomic E-state index is -4.53. The lowest BCUT2D eigenvalue weighted by Crippen LogP contribution is -2.29. The summed E-state index contributed by atoms with van der Waals surface area (Å²) in [6, 6.07) is 4.25. The van der Waals surface area contributed by atoms with Crippen LogP contribution >= 0.6 is 0 Å². The Bertz CT molecular complexity index is 689. The second-order valence-corrected chi connectivity index (χ2v) is 6.31. The van der Waals surface area contributed by atoms with Crippen molar-refractivity contribution in [3.8, 4) is 11.4 Å². The lowest BCUT2D eigenvalue weighted by Gasteiger charge is -2.25. The fourth-order valence-corrected chi connectivity index (χ4v) is 2.56. The predicted octanol–water partition coefficient (Wildman–Crippen LogP) is 3.73. The van der Waals surface area contributed by atoms with Crippen LogP contribution in [0.4, 0.5) is 19.0 Å². The first kappa shape index (κ1) is 20.1. The molecule has 0 saturated carbocycles. The molecular weight excluding hydrogens is 343 g/mol. The average molecular weight is 367 g/mol. The third-order valence-electron chi connectivity index (χ3n) is 3.79. The van der Waals surface area contributed by atoms with E-state index in [1.807, 2.05) is 30.8 Å². The van der Waals surface area contributed by atoms with Crippen molar-refractivity contribution in [2.45, 2.75) is 25.9 Å². The summed E-state index contributed by atoms with van der Waals surface area (Å²) in [7, 11) is 3.94. The number of nitrogens with zero attached hydrogens (tertiary/aromatic N) is 5. The van der Waals surface area contributed by atoms with Crippen LogP contribution in [0.5, 0.6) is 0 Å². The molecule has 0 bridgehead atoms. The second-order valence-electron chi connectivity index (χ2n) is 6.31. The van der Waals surface area contributed by atoms with Gasteiger partial charge in [-0.25, -0.2) is 9.97 Å². The van der Waals surface area contributed by atoms with E-state index in [4.69, 9.17) is 0 Å². The SMILES string of the molecule is CCCN(CCCN(C)C)c1cc(C(F)(F)F)nc(-c2ccncc2)n1. The van der Waals surface area contributed by atoms with Gasteiger partial charge in [-0.2, -0.15) is 13.2 Å². The molecule has 0 aliphatic carbocycles. The van der Waals surface area contributed by atoms with Gasteiger partial charge in [0.05, 0.1) is 0 Å². The Kier molecular flexibility index (Phi) is 6.90. The van der Waals surface area contributed by atoms with Gasteiger partial charge in [0.1, 0.15) is 5.82 Å². The van der Waals surface area contributed by atoms with Crippen LogP contribution in [0.15, 0.2) is 30.6 Å². The predicted molar refractivity (Wildman–Crippen MR) is 95.9 cm³/mol. The topological polar surface area (TPSA) is 45.2 Å². The Morgan fingerprint density at radius 3 is 2.27 bits per heavy atom. The molecule has 0 atom stereocenters. The lowest BCUT2D eigenvalue weighted by atomic mass is 10.2. The van der Waals surface area contributed by atoms with Gasteiger partial charge in [-0.1, -0.05) is 6.92 Å². The van der Waals surface area contributed by atoms with E-state index in [0.717, 1.165) is 25.5 Å². The van der Waals surface area contributed by atoms with E-state index in [0.29, 0.717) is 24.5 Å². The molecule has 2 aromatic rings. The standard InChI is InChI=1S/C18H24F3N5/c1-4-10-26(12-5-11-25(2)3)16-13-15(18(19,20)21)23-17(24-16)14-6-8-22-9-7-14/h6-9,13H,4-5,10-12H2,1-3H3. The fourth-order valence-electron chi connectivity index (χ4n) is 2.56. The molecule has 0 aliphatic rings. The van der Waals surface area contributed by atoms with E-state index in [1.165, 1.54) is 12.4 Å². The third-order valence-corrected chi connectivity index (χ3v) is 3.79. The zero-order valence-electron chi connectivity index (χ0n) is 15.3. The first-order valence-corrected chi connectivity index (χ1v) is 8.57. The molecule has 8 heteroatoms. The monoisotopic (exact) mass is 367 g/mol. The molecule has 2 aromatic heterocycles. The van der Waals surface area contributed by atoms with Crippen molar-refractivity contribution in [3.05, 3.63) is 36.3 Å². The molecule has 0 fully saturated rings. The highest BCUT2D eigenvalue weighted by atomic mass is 19.4. The maximum Gasteiger partial charge on any atom is 0.433 e. The molecule has 0 radical (unpaired) electrons. The number of alkyl halides is 3. The van der Waals surface area contributed by atoms with Crippen molar-refractivity contribution < 1.29 is 13.2 Å². The van der Waals surface area contributed by atoms with Crippen LogP contribution < -0.4 is 4.90 Å². The summed E-state index contributed by atoms with van der Waals surface area (Å²) in [5.74, 6) is 0.366. The maximum atomic E-state index is 13.3. The van der Waals surface area contributed by atoms with Crippen molar-refractivity contribution in [1.29, 1.82) is 0 Å². The zero-order valence-corrected chi connectivity index (χ0v) is 15.3. The highest BCUT2D eigenvalue weighted by Gasteiger charge is 2.34. The number of rotatable bonds is 8. The van der Waals surface area contributed by atoms with Crippen LogP contribution in [0.2, 0.25) is 0 Å². The summed E-state index contributed by atoms with van der Waals surface area (Å²) in [4.78, 5) is 16.0. The molecule has 0 spiro atoms. The molecule has 0 aliphatic heterocycles. The lowest BCUT2D eigenvalue weighted by molar-refractivity contribution is -0.141. The van der Waals surface area contributed by atoms with Gasteiger partial charge in [0.25, 0.3) is 0 Å². The Balaban J connectivity index is 2.40. The highest BCUT2D eigenvalue weighted by Crippen LogP contribution is 2.31. The smallest absolute Gasteiger partial charge is 0.356 e. The van der Waals surface area contributed by atoms with Gasteiger partial charge in [0.15, 0.2) is 11.5 Å². The van der Waals surface area contributed by atoms with Crippen molar-refractivity contribution in [1.82, 2.24) is 19.9 Å². The first-order chi connectivity index (χ1) is 12.3. The van der Waals surface area contributed by atoms with Crippen LogP contribution in [0.1, 0.15) is 25.5 Å². The number of aromatic nitrogens is 3. The molecule has 26 heavy (non-hydrogen) atoms. The third kappa shape index (κ3) is 5.66. The van der Waals surface area contributed by atoms with Gasteiger partial charge in [-0.3, -0.25) is 4.98 Å². The van der Waals surface area contributed by atoms with E-state index >= 15 is 0 Å². The van der Waals surface area contributed by atoms with Crippen LogP contribution in [-0.2, 0) is 6.18 Å². The summed E-state index contributed by atoms with van der Waals surface area (Å²) in [6.07, 6.45) is 0.154. The number of anilines is 1. The van der Waals surface area contributed by atoms with Gasteiger partial charge in [0, 0.05) is 37.1 Å². The molecule has 2 heterocycles. The molecule has 0 aromatic carbocycles. The van der Waals surface area contributed by atoms with Crippen molar-refractivity contribution in [2.24, 2.45) is 0 Å². The molecule has 0 unspecified atom stereocenters. The van der Waals surface area contributed by atoms with E-state index in [9.17, 15) is 13.2 Å². The molecule has 5 nitrogen and oxygen atoms in total. The number of hydrogen-bond acceptors (Lipinski definition) is 5. The minimum absolute atomic E-state index is 0.0611. The van der Waals surface area contributed by atoms with E-state index < -0.39 is 11.9 Å². The minimum Gasteiger partial charge on any atom is -0.356 e. The number of pyridine rings is 1. The van der Waals surface area contributed by atoms with Crippen LogP contribution in [0, 0.1) is 0 Å². The van der Waals surface area contributed by atoms with Gasteiger partial charge >= 0.3 is 6.18 Å². The normalized spacial score (nSPS) is 11.8. The van der Waals surface area contributed by atoms with Crippen molar-refractivity contribution in [2.75, 3.05) is 38.6 Å². The summed E-state index contributed by atoms with van der Waals surface area (Å²) >= 11 is 0.